The van der Waals surface area contributed by atoms with Crippen LogP contribution < -0.4 is 4.57 Å². The number of aliphatic imine (C=N–C) groups is 1. The third-order valence-electron chi connectivity index (χ3n) is 6.55. The molecule has 3 nitrogen and oxygen atoms in total. The van der Waals surface area contributed by atoms with Gasteiger partial charge in [-0.05, 0) is 50.7 Å². The van der Waals surface area contributed by atoms with Crippen molar-refractivity contribution >= 4 is 28.6 Å². The minimum atomic E-state index is 0.458. The molecule has 0 aliphatic carbocycles. The fourth-order valence-electron chi connectivity index (χ4n) is 4.53. The molecule has 2 unspecified atom stereocenters. The average molecular weight is 432 g/mol. The summed E-state index contributed by atoms with van der Waals surface area (Å²) in [5.74, 6) is 1.16. The van der Waals surface area contributed by atoms with Crippen LogP contribution in [0, 0.1) is 6.92 Å². The van der Waals surface area contributed by atoms with Crippen LogP contribution >= 0.6 is 0 Å². The number of hydrogen-bond acceptors (Lipinski definition) is 2. The van der Waals surface area contributed by atoms with Crippen LogP contribution in [-0.2, 0) is 0 Å². The number of aromatic nitrogens is 1. The van der Waals surface area contributed by atoms with Crippen LogP contribution in [0.4, 0.5) is 5.88 Å². The standard InChI is InChI=1S/C29H39N2O/c1-9-13-23(11-3)31-17-16-22(20(7)10-2)18-26(31)27-21(8)14-15-25-24(12-4)29(30-19(5)6)32-28(25)27/h12,14-18,20,23H,4,9-11,13H2,1-3,5-8H3/q+1. The summed E-state index contributed by atoms with van der Waals surface area (Å²) in [5, 5.41) is 1.07. The number of fused-ring (bicyclic) bond motifs is 1. The van der Waals surface area contributed by atoms with Crippen LogP contribution in [0.25, 0.3) is 28.3 Å². The van der Waals surface area contributed by atoms with Crippen LogP contribution in [0.15, 0.2) is 46.5 Å². The fourth-order valence-corrected chi connectivity index (χ4v) is 4.53. The first-order valence-corrected chi connectivity index (χ1v) is 12.1. The van der Waals surface area contributed by atoms with Gasteiger partial charge in [-0.25, -0.2) is 4.99 Å². The van der Waals surface area contributed by atoms with E-state index in [0.717, 1.165) is 47.9 Å². The van der Waals surface area contributed by atoms with Gasteiger partial charge < -0.3 is 4.42 Å². The lowest BCUT2D eigenvalue weighted by atomic mass is 9.94. The molecule has 0 saturated carbocycles. The molecule has 0 fully saturated rings. The van der Waals surface area contributed by atoms with E-state index in [9.17, 15) is 0 Å². The molecule has 0 amide bonds. The Morgan fingerprint density at radius 1 is 1.16 bits per heavy atom. The Bertz CT molecular complexity index is 1130. The highest BCUT2D eigenvalue weighted by molar-refractivity contribution is 6.01. The van der Waals surface area contributed by atoms with Crippen molar-refractivity contribution in [3.8, 4) is 11.3 Å². The fraction of sp³-hybridized carbons (Fsp3) is 0.448. The molecule has 2 aromatic heterocycles. The average Bonchev–Trinajstić information content (AvgIpc) is 3.12. The molecule has 0 bridgehead atoms. The van der Waals surface area contributed by atoms with Crippen molar-refractivity contribution < 1.29 is 8.98 Å². The van der Waals surface area contributed by atoms with E-state index in [1.807, 2.05) is 19.9 Å². The number of furan rings is 1. The molecule has 3 aromatic rings. The predicted molar refractivity (Wildman–Crippen MR) is 138 cm³/mol. The number of pyridine rings is 1. The first-order valence-electron chi connectivity index (χ1n) is 12.1. The predicted octanol–water partition coefficient (Wildman–Crippen LogP) is 8.72. The maximum Gasteiger partial charge on any atom is 0.227 e. The van der Waals surface area contributed by atoms with E-state index < -0.39 is 0 Å². The molecule has 0 spiro atoms. The number of benzene rings is 1. The monoisotopic (exact) mass is 431 g/mol. The van der Waals surface area contributed by atoms with Crippen LogP contribution in [0.2, 0.25) is 0 Å². The Morgan fingerprint density at radius 2 is 1.91 bits per heavy atom. The second-order valence-electron chi connectivity index (χ2n) is 9.13. The van der Waals surface area contributed by atoms with Crippen molar-refractivity contribution in [2.45, 2.75) is 86.1 Å². The van der Waals surface area contributed by atoms with Crippen molar-refractivity contribution in [1.82, 2.24) is 0 Å². The third-order valence-corrected chi connectivity index (χ3v) is 6.55. The molecule has 2 heterocycles. The number of rotatable bonds is 9. The van der Waals surface area contributed by atoms with Crippen molar-refractivity contribution in [2.75, 3.05) is 0 Å². The Morgan fingerprint density at radius 3 is 2.50 bits per heavy atom. The molecule has 32 heavy (non-hydrogen) atoms. The van der Waals surface area contributed by atoms with Crippen LogP contribution in [-0.4, -0.2) is 5.71 Å². The summed E-state index contributed by atoms with van der Waals surface area (Å²) in [7, 11) is 0. The van der Waals surface area contributed by atoms with E-state index in [4.69, 9.17) is 4.42 Å². The summed E-state index contributed by atoms with van der Waals surface area (Å²) in [5.41, 5.74) is 7.83. The molecule has 1 aromatic carbocycles. The minimum absolute atomic E-state index is 0.458. The highest BCUT2D eigenvalue weighted by atomic mass is 16.3. The summed E-state index contributed by atoms with van der Waals surface area (Å²) in [6.07, 6.45) is 8.70. The zero-order valence-corrected chi connectivity index (χ0v) is 21.0. The van der Waals surface area contributed by atoms with Gasteiger partial charge in [-0.1, -0.05) is 52.5 Å². The van der Waals surface area contributed by atoms with Crippen LogP contribution in [0.3, 0.4) is 0 Å². The molecule has 0 N–H and O–H groups in total. The molecule has 3 rings (SSSR count). The van der Waals surface area contributed by atoms with Crippen LogP contribution in [0.1, 0.15) is 95.9 Å². The first kappa shape index (κ1) is 24.0. The maximum absolute atomic E-state index is 6.45. The number of nitrogens with zero attached hydrogens (tertiary/aromatic N) is 2. The summed E-state index contributed by atoms with van der Waals surface area (Å²) in [4.78, 5) is 4.67. The van der Waals surface area contributed by atoms with Gasteiger partial charge in [0.25, 0.3) is 0 Å². The smallest absolute Gasteiger partial charge is 0.227 e. The topological polar surface area (TPSA) is 29.4 Å². The lowest BCUT2D eigenvalue weighted by Gasteiger charge is -2.17. The second-order valence-corrected chi connectivity index (χ2v) is 9.13. The molecule has 0 saturated heterocycles. The lowest BCUT2D eigenvalue weighted by molar-refractivity contribution is -0.713. The van der Waals surface area contributed by atoms with E-state index in [1.54, 1.807) is 0 Å². The zero-order valence-electron chi connectivity index (χ0n) is 21.0. The summed E-state index contributed by atoms with van der Waals surface area (Å²) >= 11 is 0. The highest BCUT2D eigenvalue weighted by Crippen LogP contribution is 2.40. The molecule has 2 atom stereocenters. The van der Waals surface area contributed by atoms with E-state index >= 15 is 0 Å². The number of aryl methyl sites for hydroxylation is 1. The molecule has 0 aliphatic rings. The van der Waals surface area contributed by atoms with Crippen LogP contribution in [0.5, 0.6) is 0 Å². The molecule has 0 aliphatic heterocycles. The second kappa shape index (κ2) is 10.3. The SMILES string of the molecule is C=Cc1c(N=C(C)C)oc2c(-c3cc(C(C)CC)cc[n+]3C(CC)CCC)c(C)ccc12. The van der Waals surface area contributed by atoms with Gasteiger partial charge in [0, 0.05) is 41.6 Å². The molecule has 0 radical (unpaired) electrons. The van der Waals surface area contributed by atoms with Crippen molar-refractivity contribution in [3.63, 3.8) is 0 Å². The van der Waals surface area contributed by atoms with Gasteiger partial charge >= 0.3 is 0 Å². The van der Waals surface area contributed by atoms with Crippen molar-refractivity contribution in [1.29, 1.82) is 0 Å². The van der Waals surface area contributed by atoms with Gasteiger partial charge in [0.05, 0.1) is 5.56 Å². The quantitative estimate of drug-likeness (QED) is 0.246. The normalized spacial score (nSPS) is 13.2. The first-order chi connectivity index (χ1) is 15.4. The van der Waals surface area contributed by atoms with Gasteiger partial charge in [-0.3, -0.25) is 0 Å². The largest absolute Gasteiger partial charge is 0.437 e. The van der Waals surface area contributed by atoms with Crippen molar-refractivity contribution in [2.24, 2.45) is 4.99 Å². The molecule has 170 valence electrons. The minimum Gasteiger partial charge on any atom is -0.437 e. The van der Waals surface area contributed by atoms with Gasteiger partial charge in [-0.15, -0.1) is 0 Å². The lowest BCUT2D eigenvalue weighted by Crippen LogP contribution is -2.41. The Kier molecular flexibility index (Phi) is 7.71. The molecular formula is C29H39N2O+. The van der Waals surface area contributed by atoms with Gasteiger partial charge in [0.15, 0.2) is 17.8 Å². The highest BCUT2D eigenvalue weighted by Gasteiger charge is 2.28. The van der Waals surface area contributed by atoms with E-state index in [-0.39, 0.29) is 0 Å². The van der Waals surface area contributed by atoms with E-state index in [2.05, 4.69) is 81.2 Å². The molecule has 3 heteroatoms. The Balaban J connectivity index is 2.40. The van der Waals surface area contributed by atoms with E-state index in [0.29, 0.717) is 17.8 Å². The van der Waals surface area contributed by atoms with E-state index in [1.165, 1.54) is 22.4 Å². The van der Waals surface area contributed by atoms with Gasteiger partial charge in [0.1, 0.15) is 0 Å². The summed E-state index contributed by atoms with van der Waals surface area (Å²) < 4.78 is 8.92. The van der Waals surface area contributed by atoms with Gasteiger partial charge in [-0.2, -0.15) is 4.57 Å². The Labute approximate surface area is 193 Å². The van der Waals surface area contributed by atoms with Gasteiger partial charge in [0.2, 0.25) is 11.6 Å². The third kappa shape index (κ3) is 4.57. The zero-order chi connectivity index (χ0) is 23.4. The van der Waals surface area contributed by atoms with Crippen molar-refractivity contribution in [3.05, 3.63) is 53.7 Å². The number of hydrogen-bond donors (Lipinski definition) is 0. The molecular weight excluding hydrogens is 392 g/mol. The summed E-state index contributed by atoms with van der Waals surface area (Å²) in [6.45, 7) is 19.3. The maximum atomic E-state index is 6.45. The Hall–Kier alpha value is -2.68. The summed E-state index contributed by atoms with van der Waals surface area (Å²) in [6, 6.07) is 9.50.